The number of carbonyl (C=O) groups excluding carboxylic acids is 1. The number of benzene rings is 2. The van der Waals surface area contributed by atoms with Gasteiger partial charge in [-0.2, -0.15) is 0 Å². The summed E-state index contributed by atoms with van der Waals surface area (Å²) in [5.74, 6) is -0.0190. The average Bonchev–Trinajstić information content (AvgIpc) is 2.62. The molecule has 0 aliphatic carbocycles. The van der Waals surface area contributed by atoms with Gasteiger partial charge in [0.1, 0.15) is 0 Å². The fourth-order valence-electron chi connectivity index (χ4n) is 2.47. The van der Waals surface area contributed by atoms with Gasteiger partial charge in [0.25, 0.3) is 0 Å². The zero-order chi connectivity index (χ0) is 16.8. The van der Waals surface area contributed by atoms with Gasteiger partial charge in [-0.3, -0.25) is 9.78 Å². The van der Waals surface area contributed by atoms with E-state index in [0.717, 1.165) is 22.4 Å². The Labute approximate surface area is 142 Å². The maximum Gasteiger partial charge on any atom is 0.226 e. The third kappa shape index (κ3) is 4.29. The van der Waals surface area contributed by atoms with E-state index in [1.807, 2.05) is 48.7 Å². The summed E-state index contributed by atoms with van der Waals surface area (Å²) in [6.45, 7) is 2.61. The Morgan fingerprint density at radius 1 is 0.917 bits per heavy atom. The van der Waals surface area contributed by atoms with Crippen LogP contribution >= 0.6 is 0 Å². The Kier molecular flexibility index (Phi) is 5.02. The first-order valence-electron chi connectivity index (χ1n) is 8.03. The van der Waals surface area contributed by atoms with E-state index in [4.69, 9.17) is 0 Å². The van der Waals surface area contributed by atoms with Crippen molar-refractivity contribution in [2.45, 2.75) is 19.9 Å². The number of nitrogens with one attached hydrogen (secondary N) is 1. The first-order valence-corrected chi connectivity index (χ1v) is 8.03. The Hall–Kier alpha value is -2.94. The lowest BCUT2D eigenvalue weighted by Crippen LogP contribution is -2.24. The summed E-state index contributed by atoms with van der Waals surface area (Å²) in [6, 6.07) is 22.1. The molecule has 0 atom stereocenters. The van der Waals surface area contributed by atoms with Crippen LogP contribution in [0.1, 0.15) is 16.8 Å². The zero-order valence-electron chi connectivity index (χ0n) is 13.7. The Bertz CT molecular complexity index is 794. The van der Waals surface area contributed by atoms with E-state index in [9.17, 15) is 4.79 Å². The predicted octanol–water partition coefficient (Wildman–Crippen LogP) is 3.92. The average molecular weight is 316 g/mol. The van der Waals surface area contributed by atoms with Crippen molar-refractivity contribution >= 4 is 5.91 Å². The minimum absolute atomic E-state index is 0.0190. The molecular weight excluding hydrogens is 296 g/mol. The number of aryl methyl sites for hydroxylation is 1. The lowest BCUT2D eigenvalue weighted by molar-refractivity contribution is -0.120. The van der Waals surface area contributed by atoms with Gasteiger partial charge in [0.05, 0.1) is 6.42 Å². The molecule has 0 aliphatic heterocycles. The number of nitrogens with zero attached hydrogens (tertiary/aromatic N) is 1. The summed E-state index contributed by atoms with van der Waals surface area (Å²) < 4.78 is 0. The van der Waals surface area contributed by atoms with Crippen LogP contribution in [0.15, 0.2) is 72.9 Å². The molecule has 0 saturated heterocycles. The second-order valence-electron chi connectivity index (χ2n) is 5.84. The number of carbonyl (C=O) groups is 1. The number of hydrogen-bond donors (Lipinski definition) is 1. The number of hydrogen-bond acceptors (Lipinski definition) is 2. The fourth-order valence-corrected chi connectivity index (χ4v) is 2.47. The van der Waals surface area contributed by atoms with Gasteiger partial charge in [-0.25, -0.2) is 0 Å². The Balaban J connectivity index is 1.57. The zero-order valence-corrected chi connectivity index (χ0v) is 13.7. The predicted molar refractivity (Wildman–Crippen MR) is 96.4 cm³/mol. The second kappa shape index (κ2) is 7.55. The normalized spacial score (nSPS) is 10.4. The molecule has 1 N–H and O–H groups in total. The quantitative estimate of drug-likeness (QED) is 0.775. The molecule has 0 aliphatic rings. The summed E-state index contributed by atoms with van der Waals surface area (Å²) in [4.78, 5) is 16.4. The van der Waals surface area contributed by atoms with Crippen molar-refractivity contribution < 1.29 is 4.79 Å². The molecule has 0 radical (unpaired) electrons. The number of pyridine rings is 1. The van der Waals surface area contributed by atoms with Crippen LogP contribution in [-0.2, 0) is 17.8 Å². The van der Waals surface area contributed by atoms with E-state index in [1.165, 1.54) is 5.56 Å². The molecule has 0 fully saturated rings. The molecule has 3 nitrogen and oxygen atoms in total. The highest BCUT2D eigenvalue weighted by Gasteiger charge is 2.05. The third-order valence-electron chi connectivity index (χ3n) is 3.88. The van der Waals surface area contributed by atoms with Gasteiger partial charge in [-0.1, -0.05) is 66.2 Å². The SMILES string of the molecule is Cc1ccc(-c2ccc(CC(=O)NCc3ccccc3)nc2)cc1. The van der Waals surface area contributed by atoms with Gasteiger partial charge in [0.15, 0.2) is 0 Å². The van der Waals surface area contributed by atoms with Gasteiger partial charge in [0.2, 0.25) is 5.91 Å². The molecule has 2 aromatic carbocycles. The Morgan fingerprint density at radius 3 is 2.29 bits per heavy atom. The van der Waals surface area contributed by atoms with E-state index < -0.39 is 0 Å². The topological polar surface area (TPSA) is 42.0 Å². The van der Waals surface area contributed by atoms with Crippen LogP contribution in [-0.4, -0.2) is 10.9 Å². The number of rotatable bonds is 5. The van der Waals surface area contributed by atoms with Crippen molar-refractivity contribution in [2.24, 2.45) is 0 Å². The van der Waals surface area contributed by atoms with Crippen molar-refractivity contribution in [2.75, 3.05) is 0 Å². The van der Waals surface area contributed by atoms with Crippen molar-refractivity contribution in [3.63, 3.8) is 0 Å². The molecule has 3 aromatic rings. The standard InChI is InChI=1S/C21H20N2O/c1-16-7-9-18(10-8-16)19-11-12-20(22-15-19)13-21(24)23-14-17-5-3-2-4-6-17/h2-12,15H,13-14H2,1H3,(H,23,24). The van der Waals surface area contributed by atoms with Gasteiger partial charge in [-0.15, -0.1) is 0 Å². The highest BCUT2D eigenvalue weighted by molar-refractivity contribution is 5.78. The molecule has 1 aromatic heterocycles. The third-order valence-corrected chi connectivity index (χ3v) is 3.88. The van der Waals surface area contributed by atoms with Crippen molar-refractivity contribution in [3.05, 3.63) is 89.7 Å². The number of amides is 1. The van der Waals surface area contributed by atoms with Gasteiger partial charge in [-0.05, 0) is 24.1 Å². The van der Waals surface area contributed by atoms with Crippen molar-refractivity contribution in [3.8, 4) is 11.1 Å². The highest BCUT2D eigenvalue weighted by Crippen LogP contribution is 2.19. The monoisotopic (exact) mass is 316 g/mol. The smallest absolute Gasteiger partial charge is 0.226 e. The molecule has 3 heteroatoms. The molecule has 1 amide bonds. The van der Waals surface area contributed by atoms with Crippen molar-refractivity contribution in [1.82, 2.24) is 10.3 Å². The molecule has 3 rings (SSSR count). The van der Waals surface area contributed by atoms with Gasteiger partial charge in [0, 0.05) is 24.0 Å². The summed E-state index contributed by atoms with van der Waals surface area (Å²) in [5, 5.41) is 2.92. The van der Waals surface area contributed by atoms with E-state index in [1.54, 1.807) is 0 Å². The largest absolute Gasteiger partial charge is 0.352 e. The minimum Gasteiger partial charge on any atom is -0.352 e. The Morgan fingerprint density at radius 2 is 1.62 bits per heavy atom. The lowest BCUT2D eigenvalue weighted by Gasteiger charge is -2.06. The molecule has 1 heterocycles. The lowest BCUT2D eigenvalue weighted by atomic mass is 10.1. The molecule has 0 bridgehead atoms. The minimum atomic E-state index is -0.0190. The number of aromatic nitrogens is 1. The second-order valence-corrected chi connectivity index (χ2v) is 5.84. The van der Waals surface area contributed by atoms with Gasteiger partial charge < -0.3 is 5.32 Å². The van der Waals surface area contributed by atoms with E-state index >= 15 is 0 Å². The van der Waals surface area contributed by atoms with Crippen LogP contribution in [0.4, 0.5) is 0 Å². The first kappa shape index (κ1) is 15.9. The molecular formula is C21H20N2O. The summed E-state index contributed by atoms with van der Waals surface area (Å²) in [6.07, 6.45) is 2.12. The highest BCUT2D eigenvalue weighted by atomic mass is 16.1. The van der Waals surface area contributed by atoms with Crippen molar-refractivity contribution in [1.29, 1.82) is 0 Å². The molecule has 120 valence electrons. The first-order chi connectivity index (χ1) is 11.7. The molecule has 24 heavy (non-hydrogen) atoms. The fraction of sp³-hybridized carbons (Fsp3) is 0.143. The van der Waals surface area contributed by atoms with E-state index in [-0.39, 0.29) is 5.91 Å². The molecule has 0 saturated carbocycles. The summed E-state index contributed by atoms with van der Waals surface area (Å²) in [5.41, 5.74) is 5.29. The van der Waals surface area contributed by atoms with E-state index in [0.29, 0.717) is 13.0 Å². The molecule has 0 unspecified atom stereocenters. The van der Waals surface area contributed by atoms with Crippen LogP contribution in [0.2, 0.25) is 0 Å². The summed E-state index contributed by atoms with van der Waals surface area (Å²) in [7, 11) is 0. The van der Waals surface area contributed by atoms with Gasteiger partial charge >= 0.3 is 0 Å². The van der Waals surface area contributed by atoms with Crippen LogP contribution < -0.4 is 5.32 Å². The summed E-state index contributed by atoms with van der Waals surface area (Å²) >= 11 is 0. The van der Waals surface area contributed by atoms with E-state index in [2.05, 4.69) is 41.5 Å². The van der Waals surface area contributed by atoms with Crippen LogP contribution in [0, 0.1) is 6.92 Å². The molecule has 0 spiro atoms. The maximum absolute atomic E-state index is 12.0. The maximum atomic E-state index is 12.0. The van der Waals surface area contributed by atoms with Crippen LogP contribution in [0.5, 0.6) is 0 Å². The van der Waals surface area contributed by atoms with Crippen LogP contribution in [0.25, 0.3) is 11.1 Å². The van der Waals surface area contributed by atoms with Crippen LogP contribution in [0.3, 0.4) is 0 Å².